The first-order valence-electron chi connectivity index (χ1n) is 13.1. The molecule has 222 valence electrons. The van der Waals surface area contributed by atoms with E-state index in [2.05, 4.69) is 20.0 Å². The average molecular weight is 611 g/mol. The number of benzene rings is 1. The van der Waals surface area contributed by atoms with E-state index in [9.17, 15) is 19.6 Å². The number of aliphatic hydroxyl groups is 2. The molecule has 3 aromatic rings. The van der Waals surface area contributed by atoms with E-state index in [-0.39, 0.29) is 23.3 Å². The number of aromatic nitrogens is 4. The third-order valence-electron chi connectivity index (χ3n) is 7.13. The van der Waals surface area contributed by atoms with Crippen LogP contribution in [0.25, 0.3) is 11.2 Å². The molecule has 5 rings (SSSR count). The Balaban J connectivity index is 1.33. The standard InChI is InChI=1S/C25H32ClN6O8P/c1-14(23(34)38-16-5-3-4-6-16)31-41(36,40-17-9-7-15(26)8-10-17)37-11-18-20(33)25(2,35)24(39-18)32-13-30-19-21(27)28-12-29-22(19)32/h7-10,12-14,16,18,20,24,33,35H,3-6,11H2,1-2H3,(H,31,36)(H2,27,28,29)/t14?,18?,20-,24?,25-,41?/m1/s1. The van der Waals surface area contributed by atoms with E-state index in [1.165, 1.54) is 55.3 Å². The SMILES string of the molecule is CC(NP(=O)(OCC1OC(n2cnc3c(N)ncnc32)[C@](C)(O)[C@@H]1O)Oc1ccc(Cl)cc1)C(=O)OC1CCCC1. The first-order chi connectivity index (χ1) is 19.5. The van der Waals surface area contributed by atoms with Gasteiger partial charge in [0.05, 0.1) is 12.9 Å². The van der Waals surface area contributed by atoms with Gasteiger partial charge in [-0.15, -0.1) is 0 Å². The lowest BCUT2D eigenvalue weighted by molar-refractivity contribution is -0.150. The van der Waals surface area contributed by atoms with E-state index in [0.717, 1.165) is 25.7 Å². The summed E-state index contributed by atoms with van der Waals surface area (Å²) in [6.45, 7) is 2.37. The fraction of sp³-hybridized carbons (Fsp3) is 0.520. The smallest absolute Gasteiger partial charge is 0.459 e. The van der Waals surface area contributed by atoms with Crippen LogP contribution in [-0.4, -0.2) is 72.3 Å². The van der Waals surface area contributed by atoms with E-state index >= 15 is 0 Å². The molecule has 0 spiro atoms. The molecule has 6 atom stereocenters. The highest BCUT2D eigenvalue weighted by Gasteiger charge is 2.54. The number of imidazole rings is 1. The number of carbonyl (C=O) groups is 1. The number of esters is 1. The number of carbonyl (C=O) groups excluding carboxylic acids is 1. The Bertz CT molecular complexity index is 1430. The quantitative estimate of drug-likeness (QED) is 0.193. The number of nitrogens with two attached hydrogens (primary N) is 1. The van der Waals surface area contributed by atoms with Gasteiger partial charge in [0, 0.05) is 5.02 Å². The van der Waals surface area contributed by atoms with Crippen molar-refractivity contribution in [3.05, 3.63) is 41.9 Å². The molecule has 1 aliphatic carbocycles. The number of rotatable bonds is 10. The van der Waals surface area contributed by atoms with Gasteiger partial charge in [-0.1, -0.05) is 11.6 Å². The molecule has 5 N–H and O–H groups in total. The lowest BCUT2D eigenvalue weighted by atomic mass is 9.96. The highest BCUT2D eigenvalue weighted by atomic mass is 35.5. The lowest BCUT2D eigenvalue weighted by Crippen LogP contribution is -2.44. The predicted octanol–water partition coefficient (Wildman–Crippen LogP) is 2.74. The molecule has 3 heterocycles. The van der Waals surface area contributed by atoms with Crippen molar-refractivity contribution in [2.45, 2.75) is 75.7 Å². The number of anilines is 1. The molecule has 1 saturated carbocycles. The van der Waals surface area contributed by atoms with E-state index < -0.39 is 50.4 Å². The summed E-state index contributed by atoms with van der Waals surface area (Å²) in [7, 11) is -4.28. The van der Waals surface area contributed by atoms with Crippen molar-refractivity contribution in [1.82, 2.24) is 24.6 Å². The van der Waals surface area contributed by atoms with Gasteiger partial charge >= 0.3 is 13.7 Å². The average Bonchev–Trinajstić information content (AvgIpc) is 3.64. The fourth-order valence-electron chi connectivity index (χ4n) is 4.88. The zero-order chi connectivity index (χ0) is 29.4. The largest absolute Gasteiger partial charge is 0.461 e. The van der Waals surface area contributed by atoms with Crippen LogP contribution < -0.4 is 15.3 Å². The Morgan fingerprint density at radius 3 is 2.71 bits per heavy atom. The van der Waals surface area contributed by atoms with Gasteiger partial charge in [-0.05, 0) is 63.8 Å². The molecule has 4 unspecified atom stereocenters. The molecule has 0 amide bonds. The zero-order valence-corrected chi connectivity index (χ0v) is 24.1. The number of nitrogen functional groups attached to an aromatic ring is 1. The molecular weight excluding hydrogens is 579 g/mol. The molecule has 0 radical (unpaired) electrons. The summed E-state index contributed by atoms with van der Waals surface area (Å²) in [4.78, 5) is 25.0. The van der Waals surface area contributed by atoms with Crippen molar-refractivity contribution in [3.8, 4) is 5.75 Å². The highest BCUT2D eigenvalue weighted by molar-refractivity contribution is 7.52. The molecular formula is C25H32ClN6O8P. The minimum atomic E-state index is -4.28. The normalized spacial score (nSPS) is 27.1. The number of fused-ring (bicyclic) bond motifs is 1. The third-order valence-corrected chi connectivity index (χ3v) is 9.03. The van der Waals surface area contributed by atoms with Crippen molar-refractivity contribution in [2.24, 2.45) is 0 Å². The summed E-state index contributed by atoms with van der Waals surface area (Å²) in [6, 6.07) is 5.00. The summed E-state index contributed by atoms with van der Waals surface area (Å²) < 4.78 is 38.2. The van der Waals surface area contributed by atoms with Gasteiger partial charge in [-0.3, -0.25) is 13.9 Å². The van der Waals surface area contributed by atoms with Crippen LogP contribution in [0.3, 0.4) is 0 Å². The van der Waals surface area contributed by atoms with Gasteiger partial charge in [0.15, 0.2) is 17.7 Å². The second-order valence-corrected chi connectivity index (χ2v) is 12.4. The van der Waals surface area contributed by atoms with Gasteiger partial charge in [-0.25, -0.2) is 19.5 Å². The zero-order valence-electron chi connectivity index (χ0n) is 22.4. The number of nitrogens with one attached hydrogen (secondary N) is 1. The number of hydrogen-bond donors (Lipinski definition) is 4. The molecule has 2 aliphatic rings. The molecule has 0 bridgehead atoms. The van der Waals surface area contributed by atoms with Crippen LogP contribution in [0.1, 0.15) is 45.8 Å². The van der Waals surface area contributed by atoms with Crippen LogP contribution in [0.2, 0.25) is 5.02 Å². The van der Waals surface area contributed by atoms with E-state index in [4.69, 9.17) is 35.9 Å². The van der Waals surface area contributed by atoms with E-state index in [1.54, 1.807) is 0 Å². The van der Waals surface area contributed by atoms with Crippen molar-refractivity contribution in [3.63, 3.8) is 0 Å². The van der Waals surface area contributed by atoms with E-state index in [0.29, 0.717) is 10.5 Å². The van der Waals surface area contributed by atoms with Gasteiger partial charge in [0.25, 0.3) is 0 Å². The Morgan fingerprint density at radius 1 is 1.29 bits per heavy atom. The Hall–Kier alpha value is -2.84. The van der Waals surface area contributed by atoms with E-state index in [1.807, 2.05) is 0 Å². The maximum Gasteiger partial charge on any atom is 0.459 e. The molecule has 41 heavy (non-hydrogen) atoms. The van der Waals surface area contributed by atoms with Crippen LogP contribution in [0.5, 0.6) is 5.75 Å². The molecule has 2 fully saturated rings. The number of nitrogens with zero attached hydrogens (tertiary/aromatic N) is 4. The number of hydrogen-bond acceptors (Lipinski definition) is 12. The van der Waals surface area contributed by atoms with Crippen molar-refractivity contribution in [2.75, 3.05) is 12.3 Å². The predicted molar refractivity (Wildman–Crippen MR) is 147 cm³/mol. The van der Waals surface area contributed by atoms with Crippen molar-refractivity contribution in [1.29, 1.82) is 0 Å². The molecule has 1 aliphatic heterocycles. The number of aliphatic hydroxyl groups excluding tert-OH is 1. The fourth-order valence-corrected chi connectivity index (χ4v) is 6.51. The van der Waals surface area contributed by atoms with Gasteiger partial charge < -0.3 is 29.9 Å². The van der Waals surface area contributed by atoms with Crippen molar-refractivity contribution >= 4 is 42.3 Å². The maximum atomic E-state index is 13.9. The summed E-state index contributed by atoms with van der Waals surface area (Å²) in [6.07, 6.45) is 2.10. The van der Waals surface area contributed by atoms with Crippen molar-refractivity contribution < 1.29 is 38.1 Å². The minimum Gasteiger partial charge on any atom is -0.461 e. The van der Waals surface area contributed by atoms with Crippen LogP contribution in [-0.2, 0) is 23.4 Å². The summed E-state index contributed by atoms with van der Waals surface area (Å²) >= 11 is 5.96. The Morgan fingerprint density at radius 2 is 2.00 bits per heavy atom. The topological polar surface area (TPSA) is 193 Å². The summed E-state index contributed by atoms with van der Waals surface area (Å²) in [5.74, 6) is -0.311. The van der Waals surface area contributed by atoms with Gasteiger partial charge in [0.2, 0.25) is 0 Å². The lowest BCUT2D eigenvalue weighted by Gasteiger charge is -2.27. The Labute approximate surface area is 240 Å². The third kappa shape index (κ3) is 6.33. The van der Waals surface area contributed by atoms with Gasteiger partial charge in [0.1, 0.15) is 47.5 Å². The second-order valence-electron chi connectivity index (χ2n) is 10.3. The molecule has 1 saturated heterocycles. The van der Waals surface area contributed by atoms with Crippen LogP contribution in [0, 0.1) is 0 Å². The highest BCUT2D eigenvalue weighted by Crippen LogP contribution is 2.47. The minimum absolute atomic E-state index is 0.138. The summed E-state index contributed by atoms with van der Waals surface area (Å²) in [5, 5.41) is 25.2. The number of ether oxygens (including phenoxy) is 2. The molecule has 16 heteroatoms. The first kappa shape index (κ1) is 29.6. The Kier molecular flexibility index (Phi) is 8.53. The molecule has 14 nitrogen and oxygen atoms in total. The number of halogens is 1. The maximum absolute atomic E-state index is 13.9. The molecule has 1 aromatic carbocycles. The molecule has 2 aromatic heterocycles. The second kappa shape index (κ2) is 11.8. The van der Waals surface area contributed by atoms with Crippen LogP contribution in [0.4, 0.5) is 5.82 Å². The first-order valence-corrected chi connectivity index (χ1v) is 15.1. The van der Waals surface area contributed by atoms with Crippen LogP contribution >= 0.6 is 19.3 Å². The van der Waals surface area contributed by atoms with Crippen LogP contribution in [0.15, 0.2) is 36.9 Å². The summed E-state index contributed by atoms with van der Waals surface area (Å²) in [5.41, 5.74) is 4.61. The monoisotopic (exact) mass is 610 g/mol. The van der Waals surface area contributed by atoms with Gasteiger partial charge in [-0.2, -0.15) is 5.09 Å².